The minimum atomic E-state index is -1.34. The molecule has 0 saturated carbocycles. The highest BCUT2D eigenvalue weighted by Gasteiger charge is 2.38. The van der Waals surface area contributed by atoms with Gasteiger partial charge >= 0.3 is 0 Å². The van der Waals surface area contributed by atoms with E-state index in [0.717, 1.165) is 33.8 Å². The van der Waals surface area contributed by atoms with Gasteiger partial charge in [0.2, 0.25) is 5.95 Å². The van der Waals surface area contributed by atoms with Gasteiger partial charge in [0.25, 0.3) is 0 Å². The molecule has 9 nitrogen and oxygen atoms in total. The highest BCUT2D eigenvalue weighted by atomic mass is 19.1. The SMILES string of the molecule is COCCn1c(C)nc2ccc(-c3ccn4nc(NCC5(F)COC5)ncc34)nc21. The Balaban J connectivity index is 1.46. The molecule has 1 aliphatic heterocycles. The van der Waals surface area contributed by atoms with Crippen LogP contribution in [0.4, 0.5) is 10.3 Å². The van der Waals surface area contributed by atoms with Crippen LogP contribution < -0.4 is 5.32 Å². The molecule has 0 radical (unpaired) electrons. The number of pyridine rings is 1. The first kappa shape index (κ1) is 18.9. The lowest BCUT2D eigenvalue weighted by atomic mass is 10.1. The lowest BCUT2D eigenvalue weighted by molar-refractivity contribution is -0.121. The van der Waals surface area contributed by atoms with E-state index in [-0.39, 0.29) is 19.8 Å². The predicted octanol–water partition coefficient (Wildman–Crippen LogP) is 2.25. The first-order valence-electron chi connectivity index (χ1n) is 9.74. The molecule has 4 aromatic rings. The number of nitrogens with one attached hydrogen (secondary N) is 1. The Labute approximate surface area is 171 Å². The van der Waals surface area contributed by atoms with E-state index in [1.54, 1.807) is 17.8 Å². The molecule has 1 aliphatic rings. The Bertz CT molecular complexity index is 1210. The van der Waals surface area contributed by atoms with Gasteiger partial charge < -0.3 is 19.4 Å². The van der Waals surface area contributed by atoms with Crippen LogP contribution in [0.3, 0.4) is 0 Å². The van der Waals surface area contributed by atoms with E-state index in [2.05, 4.69) is 25.0 Å². The second-order valence-electron chi connectivity index (χ2n) is 7.48. The monoisotopic (exact) mass is 411 g/mol. The summed E-state index contributed by atoms with van der Waals surface area (Å²) in [6.07, 6.45) is 3.56. The molecule has 0 atom stereocenters. The minimum absolute atomic E-state index is 0.102. The summed E-state index contributed by atoms with van der Waals surface area (Å²) in [7, 11) is 1.68. The maximum Gasteiger partial charge on any atom is 0.241 e. The predicted molar refractivity (Wildman–Crippen MR) is 109 cm³/mol. The molecule has 0 unspecified atom stereocenters. The number of imidazole rings is 1. The van der Waals surface area contributed by atoms with Crippen molar-refractivity contribution >= 4 is 22.6 Å². The van der Waals surface area contributed by atoms with Crippen molar-refractivity contribution in [2.24, 2.45) is 0 Å². The van der Waals surface area contributed by atoms with Gasteiger partial charge in [-0.05, 0) is 25.1 Å². The Morgan fingerprint density at radius 2 is 2.13 bits per heavy atom. The van der Waals surface area contributed by atoms with Crippen molar-refractivity contribution < 1.29 is 13.9 Å². The van der Waals surface area contributed by atoms with Gasteiger partial charge in [0, 0.05) is 25.4 Å². The first-order valence-corrected chi connectivity index (χ1v) is 9.74. The number of rotatable bonds is 7. The second kappa shape index (κ2) is 7.29. The largest absolute Gasteiger partial charge is 0.383 e. The van der Waals surface area contributed by atoms with E-state index in [0.29, 0.717) is 19.1 Å². The molecule has 0 amide bonds. The second-order valence-corrected chi connectivity index (χ2v) is 7.48. The van der Waals surface area contributed by atoms with Crippen molar-refractivity contribution in [3.63, 3.8) is 0 Å². The van der Waals surface area contributed by atoms with E-state index in [1.165, 1.54) is 0 Å². The Morgan fingerprint density at radius 1 is 1.27 bits per heavy atom. The third-order valence-electron chi connectivity index (χ3n) is 5.28. The van der Waals surface area contributed by atoms with Gasteiger partial charge in [0.05, 0.1) is 43.8 Å². The zero-order valence-electron chi connectivity index (χ0n) is 16.8. The summed E-state index contributed by atoms with van der Waals surface area (Å²) >= 11 is 0. The number of hydrogen-bond donors (Lipinski definition) is 1. The summed E-state index contributed by atoms with van der Waals surface area (Å²) in [4.78, 5) is 13.8. The molecule has 5 rings (SSSR count). The molecule has 30 heavy (non-hydrogen) atoms. The van der Waals surface area contributed by atoms with Crippen molar-refractivity contribution in [1.82, 2.24) is 29.1 Å². The van der Waals surface area contributed by atoms with E-state index >= 15 is 0 Å². The number of halogens is 1. The number of nitrogens with zero attached hydrogens (tertiary/aromatic N) is 6. The molecule has 0 bridgehead atoms. The highest BCUT2D eigenvalue weighted by Crippen LogP contribution is 2.27. The first-order chi connectivity index (χ1) is 14.6. The standard InChI is InChI=1S/C20H22FN7O2/c1-13-24-16-4-3-15(25-18(16)27(13)7-8-29-2)14-5-6-28-17(14)9-22-19(26-28)23-10-20(21)11-30-12-20/h3-6,9H,7-8,10-12H2,1-2H3,(H,23,26). The fourth-order valence-electron chi connectivity index (χ4n) is 3.58. The molecule has 1 N–H and O–H groups in total. The molecule has 156 valence electrons. The smallest absolute Gasteiger partial charge is 0.241 e. The fraction of sp³-hybridized carbons (Fsp3) is 0.400. The van der Waals surface area contributed by atoms with Crippen LogP contribution >= 0.6 is 0 Å². The Kier molecular flexibility index (Phi) is 4.59. The fourth-order valence-corrected chi connectivity index (χ4v) is 3.58. The van der Waals surface area contributed by atoms with Gasteiger partial charge in [0.1, 0.15) is 11.3 Å². The van der Waals surface area contributed by atoms with Crippen LogP contribution in [0.5, 0.6) is 0 Å². The molecule has 10 heteroatoms. The Hall–Kier alpha value is -3.11. The summed E-state index contributed by atoms with van der Waals surface area (Å²) in [6, 6.07) is 5.86. The van der Waals surface area contributed by atoms with Crippen LogP contribution in [-0.4, -0.2) is 68.3 Å². The van der Waals surface area contributed by atoms with Crippen molar-refractivity contribution in [2.45, 2.75) is 19.1 Å². The van der Waals surface area contributed by atoms with Crippen LogP contribution in [0, 0.1) is 6.92 Å². The van der Waals surface area contributed by atoms with Crippen LogP contribution in [-0.2, 0) is 16.0 Å². The summed E-state index contributed by atoms with van der Waals surface area (Å²) in [6.45, 7) is 3.56. The molecule has 0 aromatic carbocycles. The lowest BCUT2D eigenvalue weighted by Crippen LogP contribution is -2.50. The normalized spacial score (nSPS) is 15.6. The van der Waals surface area contributed by atoms with Gasteiger partial charge in [-0.2, -0.15) is 0 Å². The van der Waals surface area contributed by atoms with E-state index in [9.17, 15) is 4.39 Å². The van der Waals surface area contributed by atoms with Crippen LogP contribution in [0.25, 0.3) is 27.9 Å². The number of anilines is 1. The zero-order valence-corrected chi connectivity index (χ0v) is 16.8. The zero-order chi connectivity index (χ0) is 20.7. The van der Waals surface area contributed by atoms with Crippen molar-refractivity contribution in [3.05, 3.63) is 36.4 Å². The third kappa shape index (κ3) is 3.27. The third-order valence-corrected chi connectivity index (χ3v) is 5.28. The summed E-state index contributed by atoms with van der Waals surface area (Å²) in [5.41, 5.74) is 2.85. The highest BCUT2D eigenvalue weighted by molar-refractivity contribution is 5.82. The molecule has 5 heterocycles. The molecule has 1 saturated heterocycles. The number of aryl methyl sites for hydroxylation is 1. The lowest BCUT2D eigenvalue weighted by Gasteiger charge is -2.33. The van der Waals surface area contributed by atoms with Gasteiger partial charge in [-0.25, -0.2) is 23.9 Å². The average Bonchev–Trinajstić information content (AvgIpc) is 3.28. The number of fused-ring (bicyclic) bond motifs is 2. The Morgan fingerprint density at radius 3 is 2.90 bits per heavy atom. The topological polar surface area (TPSA) is 91.4 Å². The number of ether oxygens (including phenoxy) is 2. The molecule has 0 aliphatic carbocycles. The van der Waals surface area contributed by atoms with E-state index in [4.69, 9.17) is 14.5 Å². The average molecular weight is 411 g/mol. The quantitative estimate of drug-likeness (QED) is 0.499. The number of hydrogen-bond acceptors (Lipinski definition) is 7. The molecule has 0 spiro atoms. The maximum absolute atomic E-state index is 14.1. The van der Waals surface area contributed by atoms with Gasteiger partial charge in [0.15, 0.2) is 11.3 Å². The van der Waals surface area contributed by atoms with Crippen LogP contribution in [0.1, 0.15) is 5.82 Å². The van der Waals surface area contributed by atoms with Crippen molar-refractivity contribution in [2.75, 3.05) is 38.8 Å². The van der Waals surface area contributed by atoms with Gasteiger partial charge in [-0.1, -0.05) is 0 Å². The summed E-state index contributed by atoms with van der Waals surface area (Å²) < 4.78 is 28.0. The van der Waals surface area contributed by atoms with Crippen molar-refractivity contribution in [1.29, 1.82) is 0 Å². The van der Waals surface area contributed by atoms with E-state index in [1.807, 2.05) is 31.3 Å². The van der Waals surface area contributed by atoms with Gasteiger partial charge in [-0.15, -0.1) is 5.10 Å². The summed E-state index contributed by atoms with van der Waals surface area (Å²) in [5.74, 6) is 1.26. The van der Waals surface area contributed by atoms with Crippen LogP contribution in [0.2, 0.25) is 0 Å². The number of alkyl halides is 1. The maximum atomic E-state index is 14.1. The molecule has 1 fully saturated rings. The minimum Gasteiger partial charge on any atom is -0.383 e. The van der Waals surface area contributed by atoms with E-state index < -0.39 is 5.67 Å². The molecule has 4 aromatic heterocycles. The summed E-state index contributed by atoms with van der Waals surface area (Å²) in [5, 5.41) is 7.38. The number of aromatic nitrogens is 6. The molecular weight excluding hydrogens is 389 g/mol. The van der Waals surface area contributed by atoms with Gasteiger partial charge in [-0.3, -0.25) is 0 Å². The number of methoxy groups -OCH3 is 1. The van der Waals surface area contributed by atoms with Crippen LogP contribution in [0.15, 0.2) is 30.6 Å². The molecular formula is C20H22FN7O2. The van der Waals surface area contributed by atoms with Crippen molar-refractivity contribution in [3.8, 4) is 11.3 Å².